The Morgan fingerprint density at radius 3 is 1.95 bits per heavy atom. The third kappa shape index (κ3) is 3.99. The summed E-state index contributed by atoms with van der Waals surface area (Å²) in [5.41, 5.74) is 3.75. The van der Waals surface area contributed by atoms with Crippen LogP contribution in [0.15, 0.2) is 83.3 Å². The van der Waals surface area contributed by atoms with Crippen molar-refractivity contribution in [3.8, 4) is 5.75 Å². The molecule has 0 radical (unpaired) electrons. The number of benzene rings is 3. The van der Waals surface area contributed by atoms with Gasteiger partial charge >= 0.3 is 0 Å². The smallest absolute Gasteiger partial charge is 0.134 e. The first-order valence-corrected chi connectivity index (χ1v) is 8.09. The zero-order valence-electron chi connectivity index (χ0n) is 12.2. The van der Waals surface area contributed by atoms with Gasteiger partial charge in [-0.2, -0.15) is 0 Å². The lowest BCUT2D eigenvalue weighted by atomic mass is 10.1. The average Bonchev–Trinajstić information content (AvgIpc) is 2.56. The van der Waals surface area contributed by atoms with E-state index in [2.05, 4.69) is 64.5 Å². The van der Waals surface area contributed by atoms with Crippen molar-refractivity contribution in [1.82, 2.24) is 0 Å². The summed E-state index contributed by atoms with van der Waals surface area (Å²) in [6.45, 7) is 0.581. The Balaban J connectivity index is 1.67. The van der Waals surface area contributed by atoms with Crippen molar-refractivity contribution in [2.45, 2.75) is 13.0 Å². The Kier molecular flexibility index (Phi) is 4.92. The van der Waals surface area contributed by atoms with Crippen LogP contribution in [-0.2, 0) is 13.0 Å². The van der Waals surface area contributed by atoms with Gasteiger partial charge < -0.3 is 4.74 Å². The molecule has 0 aromatic heterocycles. The molecule has 0 aliphatic rings. The van der Waals surface area contributed by atoms with E-state index in [0.29, 0.717) is 6.61 Å². The normalized spacial score (nSPS) is 10.4. The third-order valence-electron chi connectivity index (χ3n) is 3.48. The molecular weight excluding hydrogens is 336 g/mol. The van der Waals surface area contributed by atoms with Gasteiger partial charge in [0.15, 0.2) is 0 Å². The van der Waals surface area contributed by atoms with Gasteiger partial charge in [0, 0.05) is 0 Å². The fraction of sp³-hybridized carbons (Fsp3) is 0.100. The molecule has 22 heavy (non-hydrogen) atoms. The predicted octanol–water partition coefficient (Wildman–Crippen LogP) is 5.62. The molecule has 0 saturated carbocycles. The molecule has 0 atom stereocenters. The van der Waals surface area contributed by atoms with Gasteiger partial charge in [0.05, 0.1) is 4.47 Å². The quantitative estimate of drug-likeness (QED) is 0.579. The summed E-state index contributed by atoms with van der Waals surface area (Å²) < 4.78 is 6.88. The van der Waals surface area contributed by atoms with E-state index in [9.17, 15) is 0 Å². The highest BCUT2D eigenvalue weighted by Gasteiger charge is 2.04. The van der Waals surface area contributed by atoms with E-state index in [1.54, 1.807) is 0 Å². The third-order valence-corrected chi connectivity index (χ3v) is 4.10. The summed E-state index contributed by atoms with van der Waals surface area (Å²) in [6, 6.07) is 27.0. The molecule has 0 bridgehead atoms. The minimum atomic E-state index is 0.581. The van der Waals surface area contributed by atoms with E-state index in [4.69, 9.17) is 4.74 Å². The van der Waals surface area contributed by atoms with E-state index in [1.807, 2.05) is 30.3 Å². The zero-order chi connectivity index (χ0) is 15.2. The molecule has 0 fully saturated rings. The number of hydrogen-bond donors (Lipinski definition) is 0. The second-order valence-corrected chi connectivity index (χ2v) is 6.06. The summed E-state index contributed by atoms with van der Waals surface area (Å²) in [7, 11) is 0. The minimum Gasteiger partial charge on any atom is -0.488 e. The van der Waals surface area contributed by atoms with Gasteiger partial charge in [-0.3, -0.25) is 0 Å². The molecule has 0 N–H and O–H groups in total. The van der Waals surface area contributed by atoms with Crippen LogP contribution in [0.25, 0.3) is 0 Å². The first-order chi connectivity index (χ1) is 10.8. The highest BCUT2D eigenvalue weighted by Crippen LogP contribution is 2.27. The van der Waals surface area contributed by atoms with Crippen LogP contribution < -0.4 is 4.74 Å². The molecule has 2 heteroatoms. The molecule has 0 aliphatic heterocycles. The number of rotatable bonds is 5. The Bertz CT molecular complexity index is 723. The molecule has 0 saturated heterocycles. The molecule has 3 aromatic carbocycles. The molecule has 0 amide bonds. The Morgan fingerprint density at radius 1 is 0.682 bits per heavy atom. The Hall–Kier alpha value is -2.06. The topological polar surface area (TPSA) is 9.23 Å². The summed E-state index contributed by atoms with van der Waals surface area (Å²) in [4.78, 5) is 0. The molecule has 0 heterocycles. The van der Waals surface area contributed by atoms with Crippen LogP contribution in [0, 0.1) is 0 Å². The van der Waals surface area contributed by atoms with E-state index in [1.165, 1.54) is 16.7 Å². The van der Waals surface area contributed by atoms with Crippen molar-refractivity contribution in [2.75, 3.05) is 0 Å². The SMILES string of the molecule is Brc1cc(Cc2ccccc2)ccc1OCc1ccccc1. The van der Waals surface area contributed by atoms with Crippen LogP contribution in [0.2, 0.25) is 0 Å². The number of hydrogen-bond acceptors (Lipinski definition) is 1. The van der Waals surface area contributed by atoms with Gasteiger partial charge in [-0.25, -0.2) is 0 Å². The van der Waals surface area contributed by atoms with E-state index in [-0.39, 0.29) is 0 Å². The summed E-state index contributed by atoms with van der Waals surface area (Å²) >= 11 is 3.61. The monoisotopic (exact) mass is 352 g/mol. The van der Waals surface area contributed by atoms with Crippen LogP contribution in [0.5, 0.6) is 5.75 Å². The van der Waals surface area contributed by atoms with Crippen molar-refractivity contribution >= 4 is 15.9 Å². The molecule has 0 aliphatic carbocycles. The van der Waals surface area contributed by atoms with Gasteiger partial charge in [-0.1, -0.05) is 66.7 Å². The maximum absolute atomic E-state index is 5.88. The van der Waals surface area contributed by atoms with Gasteiger partial charge in [-0.15, -0.1) is 0 Å². The van der Waals surface area contributed by atoms with Gasteiger partial charge in [0.1, 0.15) is 12.4 Å². The maximum Gasteiger partial charge on any atom is 0.134 e. The Morgan fingerprint density at radius 2 is 1.32 bits per heavy atom. The highest BCUT2D eigenvalue weighted by atomic mass is 79.9. The lowest BCUT2D eigenvalue weighted by Gasteiger charge is -2.10. The predicted molar refractivity (Wildman–Crippen MR) is 94.2 cm³/mol. The molecular formula is C20H17BrO. The summed E-state index contributed by atoms with van der Waals surface area (Å²) in [5, 5.41) is 0. The van der Waals surface area contributed by atoms with Gasteiger partial charge in [0.25, 0.3) is 0 Å². The van der Waals surface area contributed by atoms with Crippen LogP contribution in [0.1, 0.15) is 16.7 Å². The van der Waals surface area contributed by atoms with E-state index >= 15 is 0 Å². The first-order valence-electron chi connectivity index (χ1n) is 7.30. The molecule has 0 unspecified atom stereocenters. The molecule has 1 nitrogen and oxygen atoms in total. The van der Waals surface area contributed by atoms with Crippen molar-refractivity contribution in [2.24, 2.45) is 0 Å². The average molecular weight is 353 g/mol. The largest absolute Gasteiger partial charge is 0.488 e. The Labute approximate surface area is 139 Å². The maximum atomic E-state index is 5.88. The molecule has 3 aromatic rings. The van der Waals surface area contributed by atoms with Crippen LogP contribution in [0.4, 0.5) is 0 Å². The summed E-state index contributed by atoms with van der Waals surface area (Å²) in [6.07, 6.45) is 0.929. The van der Waals surface area contributed by atoms with Crippen LogP contribution in [0.3, 0.4) is 0 Å². The van der Waals surface area contributed by atoms with Crippen molar-refractivity contribution < 1.29 is 4.74 Å². The number of ether oxygens (including phenoxy) is 1. The van der Waals surface area contributed by atoms with Crippen molar-refractivity contribution in [1.29, 1.82) is 0 Å². The fourth-order valence-corrected chi connectivity index (χ4v) is 2.88. The zero-order valence-corrected chi connectivity index (χ0v) is 13.8. The second-order valence-electron chi connectivity index (χ2n) is 5.20. The highest BCUT2D eigenvalue weighted by molar-refractivity contribution is 9.10. The lowest BCUT2D eigenvalue weighted by Crippen LogP contribution is -1.96. The minimum absolute atomic E-state index is 0.581. The van der Waals surface area contributed by atoms with Crippen LogP contribution in [-0.4, -0.2) is 0 Å². The van der Waals surface area contributed by atoms with Gasteiger partial charge in [0.2, 0.25) is 0 Å². The van der Waals surface area contributed by atoms with E-state index in [0.717, 1.165) is 16.6 Å². The molecule has 110 valence electrons. The lowest BCUT2D eigenvalue weighted by molar-refractivity contribution is 0.304. The van der Waals surface area contributed by atoms with Crippen molar-refractivity contribution in [3.63, 3.8) is 0 Å². The fourth-order valence-electron chi connectivity index (χ4n) is 2.34. The molecule has 3 rings (SSSR count). The van der Waals surface area contributed by atoms with Gasteiger partial charge in [-0.05, 0) is 51.2 Å². The first kappa shape index (κ1) is 14.9. The second kappa shape index (κ2) is 7.28. The van der Waals surface area contributed by atoms with E-state index < -0.39 is 0 Å². The standard InChI is InChI=1S/C20H17BrO/c21-19-14-18(13-16-7-3-1-4-8-16)11-12-20(19)22-15-17-9-5-2-6-10-17/h1-12,14H,13,15H2. The summed E-state index contributed by atoms with van der Waals surface area (Å²) in [5.74, 6) is 0.876. The van der Waals surface area contributed by atoms with Crippen molar-refractivity contribution in [3.05, 3.63) is 100 Å². The van der Waals surface area contributed by atoms with Crippen LogP contribution >= 0.6 is 15.9 Å². The molecule has 0 spiro atoms. The number of halogens is 1.